The third-order valence-corrected chi connectivity index (χ3v) is 10.9. The Morgan fingerprint density at radius 1 is 0.815 bits per heavy atom. The molecule has 0 bridgehead atoms. The molecule has 1 atom stereocenters. The van der Waals surface area contributed by atoms with Crippen molar-refractivity contribution in [2.45, 2.75) is 64.5 Å². The summed E-state index contributed by atoms with van der Waals surface area (Å²) in [6.07, 6.45) is 5.81. The zero-order valence-electron chi connectivity index (χ0n) is 31.1. The molecule has 9 heteroatoms. The maximum absolute atomic E-state index is 13.1. The van der Waals surface area contributed by atoms with Crippen molar-refractivity contribution in [2.24, 2.45) is 0 Å². The number of phenolic OH excluding ortho intramolecular Hbond substituents is 1. The number of anilines is 1. The number of unbranched alkanes of at least 4 members (excludes halogenated alkanes) is 2. The molecule has 9 nitrogen and oxygen atoms in total. The van der Waals surface area contributed by atoms with Gasteiger partial charge in [-0.2, -0.15) is 0 Å². The molecule has 1 unspecified atom stereocenters. The first-order valence-corrected chi connectivity index (χ1v) is 19.4. The number of nitrogens with zero attached hydrogens (tertiary/aromatic N) is 3. The fraction of sp³-hybridized carbons (Fsp3) is 0.356. The van der Waals surface area contributed by atoms with Crippen molar-refractivity contribution in [3.05, 3.63) is 125 Å². The fourth-order valence-corrected chi connectivity index (χ4v) is 8.04. The number of benzene rings is 4. The van der Waals surface area contributed by atoms with E-state index >= 15 is 0 Å². The highest BCUT2D eigenvalue weighted by atomic mass is 16.5. The van der Waals surface area contributed by atoms with Gasteiger partial charge in [0.2, 0.25) is 11.8 Å². The highest BCUT2D eigenvalue weighted by molar-refractivity contribution is 6.05. The molecule has 54 heavy (non-hydrogen) atoms. The molecule has 3 aliphatic rings. The second kappa shape index (κ2) is 17.2. The van der Waals surface area contributed by atoms with Gasteiger partial charge in [0.15, 0.2) is 0 Å². The normalized spacial score (nSPS) is 18.2. The van der Waals surface area contributed by atoms with Crippen LogP contribution < -0.4 is 15.0 Å². The number of piperidine rings is 1. The van der Waals surface area contributed by atoms with Crippen molar-refractivity contribution in [1.29, 1.82) is 0 Å². The second-order valence-corrected chi connectivity index (χ2v) is 14.5. The number of aromatic hydroxyl groups is 1. The predicted octanol–water partition coefficient (Wildman–Crippen LogP) is 7.28. The van der Waals surface area contributed by atoms with E-state index < -0.39 is 6.04 Å². The van der Waals surface area contributed by atoms with Gasteiger partial charge in [-0.25, -0.2) is 0 Å². The molecule has 4 aromatic carbocycles. The molecule has 4 aromatic rings. The van der Waals surface area contributed by atoms with Gasteiger partial charge >= 0.3 is 0 Å². The van der Waals surface area contributed by atoms with Crippen LogP contribution in [0.25, 0.3) is 11.1 Å². The molecule has 0 radical (unpaired) electrons. The standard InChI is InChI=1S/C45H50N4O5/c1-2-39(32-10-5-3-6-11-32)43(33-12-17-37(50)18-13-33)34-14-19-38(20-15-34)54-29-8-4-7-24-47-25-9-26-48(28-27-47)36-16-21-40-35(30-36)31-49(45(40)53)41-22-23-42(51)46-44(41)52/h3,5-6,10-21,30,41,50H,2,4,7-9,22-29,31H2,1H3,(H,46,51,52). The van der Waals surface area contributed by atoms with Gasteiger partial charge in [-0.3, -0.25) is 19.7 Å². The monoisotopic (exact) mass is 726 g/mol. The number of carbonyl (C=O) groups excluding carboxylic acids is 3. The van der Waals surface area contributed by atoms with Gasteiger partial charge < -0.3 is 24.5 Å². The molecule has 3 aliphatic heterocycles. The second-order valence-electron chi connectivity index (χ2n) is 14.5. The number of nitrogens with one attached hydrogen (secondary N) is 1. The van der Waals surface area contributed by atoms with E-state index in [1.807, 2.05) is 30.3 Å². The first kappa shape index (κ1) is 36.9. The fourth-order valence-electron chi connectivity index (χ4n) is 8.04. The van der Waals surface area contributed by atoms with Crippen LogP contribution in [0, 0.1) is 0 Å². The van der Waals surface area contributed by atoms with E-state index in [2.05, 4.69) is 76.6 Å². The van der Waals surface area contributed by atoms with Crippen molar-refractivity contribution >= 4 is 34.6 Å². The van der Waals surface area contributed by atoms with Crippen LogP contribution in [0.5, 0.6) is 11.5 Å². The number of imide groups is 1. The van der Waals surface area contributed by atoms with E-state index in [9.17, 15) is 19.5 Å². The quantitative estimate of drug-likeness (QED) is 0.0849. The lowest BCUT2D eigenvalue weighted by Gasteiger charge is -2.29. The smallest absolute Gasteiger partial charge is 0.255 e. The van der Waals surface area contributed by atoms with Crippen LogP contribution in [0.2, 0.25) is 0 Å². The molecule has 0 spiro atoms. The number of carbonyl (C=O) groups is 3. The number of fused-ring (bicyclic) bond motifs is 1. The Balaban J connectivity index is 0.866. The zero-order valence-corrected chi connectivity index (χ0v) is 31.1. The lowest BCUT2D eigenvalue weighted by molar-refractivity contribution is -0.136. The maximum atomic E-state index is 13.1. The van der Waals surface area contributed by atoms with Gasteiger partial charge in [0, 0.05) is 43.9 Å². The molecule has 3 amide bonds. The van der Waals surface area contributed by atoms with Crippen molar-refractivity contribution in [3.8, 4) is 11.5 Å². The van der Waals surface area contributed by atoms with Crippen LogP contribution >= 0.6 is 0 Å². The summed E-state index contributed by atoms with van der Waals surface area (Å²) in [7, 11) is 0. The average Bonchev–Trinajstić information content (AvgIpc) is 3.33. The molecule has 2 saturated heterocycles. The minimum Gasteiger partial charge on any atom is -0.508 e. The van der Waals surface area contributed by atoms with Gasteiger partial charge in [0.1, 0.15) is 17.5 Å². The van der Waals surface area contributed by atoms with Gasteiger partial charge in [0.25, 0.3) is 5.91 Å². The van der Waals surface area contributed by atoms with E-state index in [1.165, 1.54) is 11.1 Å². The van der Waals surface area contributed by atoms with Crippen LogP contribution in [-0.4, -0.2) is 78.0 Å². The Morgan fingerprint density at radius 2 is 1.57 bits per heavy atom. The van der Waals surface area contributed by atoms with Crippen LogP contribution in [0.15, 0.2) is 97.1 Å². The van der Waals surface area contributed by atoms with E-state index in [0.29, 0.717) is 25.1 Å². The summed E-state index contributed by atoms with van der Waals surface area (Å²) in [6, 6.07) is 31.8. The minimum absolute atomic E-state index is 0.130. The van der Waals surface area contributed by atoms with Gasteiger partial charge in [0.05, 0.1) is 6.61 Å². The molecule has 280 valence electrons. The summed E-state index contributed by atoms with van der Waals surface area (Å²) in [5, 5.41) is 12.3. The summed E-state index contributed by atoms with van der Waals surface area (Å²) in [4.78, 5) is 43.8. The Labute approximate surface area is 318 Å². The summed E-state index contributed by atoms with van der Waals surface area (Å²) >= 11 is 0. The topological polar surface area (TPSA) is 102 Å². The van der Waals surface area contributed by atoms with Gasteiger partial charge in [-0.05, 0) is 127 Å². The van der Waals surface area contributed by atoms with Crippen LogP contribution in [-0.2, 0) is 16.1 Å². The lowest BCUT2D eigenvalue weighted by atomic mass is 9.88. The number of ether oxygens (including phenoxy) is 1. The Kier molecular flexibility index (Phi) is 11.7. The summed E-state index contributed by atoms with van der Waals surface area (Å²) in [5.41, 5.74) is 8.52. The SMILES string of the molecule is CCC(=C(c1ccc(O)cc1)c1ccc(OCCCCCN2CCCN(c3ccc4c(c3)CN(C3CCC(=O)NC3=O)C4=O)CC2)cc1)c1ccccc1. The number of phenols is 1. The van der Waals surface area contributed by atoms with Crippen LogP contribution in [0.3, 0.4) is 0 Å². The first-order valence-electron chi connectivity index (χ1n) is 19.4. The number of amides is 3. The highest BCUT2D eigenvalue weighted by Crippen LogP contribution is 2.36. The first-order chi connectivity index (χ1) is 26.4. The molecular weight excluding hydrogens is 677 g/mol. The Hall–Kier alpha value is -5.41. The summed E-state index contributed by atoms with van der Waals surface area (Å²) in [5.74, 6) is 0.347. The molecule has 0 aromatic heterocycles. The molecule has 0 aliphatic carbocycles. The average molecular weight is 727 g/mol. The maximum Gasteiger partial charge on any atom is 0.255 e. The lowest BCUT2D eigenvalue weighted by Crippen LogP contribution is -2.52. The molecule has 0 saturated carbocycles. The molecule has 3 heterocycles. The van der Waals surface area contributed by atoms with Gasteiger partial charge in [-0.1, -0.05) is 61.5 Å². The Morgan fingerprint density at radius 3 is 2.31 bits per heavy atom. The number of rotatable bonds is 13. The van der Waals surface area contributed by atoms with Crippen molar-refractivity contribution in [1.82, 2.24) is 15.1 Å². The largest absolute Gasteiger partial charge is 0.508 e. The minimum atomic E-state index is -0.593. The van der Waals surface area contributed by atoms with E-state index in [-0.39, 0.29) is 29.9 Å². The van der Waals surface area contributed by atoms with E-state index in [0.717, 1.165) is 98.5 Å². The molecular formula is C45H50N4O5. The van der Waals surface area contributed by atoms with E-state index in [1.54, 1.807) is 17.0 Å². The molecule has 7 rings (SSSR count). The summed E-state index contributed by atoms with van der Waals surface area (Å²) < 4.78 is 6.17. The van der Waals surface area contributed by atoms with Crippen molar-refractivity contribution < 1.29 is 24.2 Å². The number of hydrogen-bond donors (Lipinski definition) is 2. The number of hydrogen-bond acceptors (Lipinski definition) is 7. The molecule has 2 fully saturated rings. The van der Waals surface area contributed by atoms with Crippen LogP contribution in [0.4, 0.5) is 5.69 Å². The summed E-state index contributed by atoms with van der Waals surface area (Å²) in [6.45, 7) is 8.28. The van der Waals surface area contributed by atoms with Crippen molar-refractivity contribution in [3.63, 3.8) is 0 Å². The van der Waals surface area contributed by atoms with Crippen LogP contribution in [0.1, 0.15) is 84.5 Å². The van der Waals surface area contributed by atoms with Crippen molar-refractivity contribution in [2.75, 3.05) is 44.2 Å². The zero-order chi connectivity index (χ0) is 37.4. The number of allylic oxidation sites excluding steroid dienone is 1. The Bertz CT molecular complexity index is 1980. The highest BCUT2D eigenvalue weighted by Gasteiger charge is 2.39. The third kappa shape index (κ3) is 8.52. The molecule has 2 N–H and O–H groups in total. The predicted molar refractivity (Wildman–Crippen MR) is 212 cm³/mol. The van der Waals surface area contributed by atoms with Gasteiger partial charge in [-0.15, -0.1) is 0 Å². The van der Waals surface area contributed by atoms with E-state index in [4.69, 9.17) is 4.74 Å². The third-order valence-electron chi connectivity index (χ3n) is 10.9.